The Balaban J connectivity index is 0.00000274. The number of benzene rings is 3. The quantitative estimate of drug-likeness (QED) is 0.367. The molecule has 5 aromatic rings. The van der Waals surface area contributed by atoms with E-state index in [4.69, 9.17) is 9.72 Å². The molecule has 2 heterocycles. The van der Waals surface area contributed by atoms with Crippen LogP contribution < -0.4 is 39.4 Å². The van der Waals surface area contributed by atoms with Gasteiger partial charge in [-0.25, -0.2) is 4.98 Å². The third-order valence-corrected chi connectivity index (χ3v) is 7.36. The zero-order valence-corrected chi connectivity index (χ0v) is 22.5. The van der Waals surface area contributed by atoms with E-state index >= 15 is 0 Å². The molecule has 0 aliphatic rings. The van der Waals surface area contributed by atoms with Crippen molar-refractivity contribution in [2.75, 3.05) is 0 Å². The topological polar surface area (TPSA) is 62.2 Å². The second kappa shape index (κ2) is 9.88. The fourth-order valence-corrected chi connectivity index (χ4v) is 5.36. The van der Waals surface area contributed by atoms with E-state index in [0.717, 1.165) is 37.2 Å². The summed E-state index contributed by atoms with van der Waals surface area (Å²) in [6.07, 6.45) is 0. The van der Waals surface area contributed by atoms with Crippen molar-refractivity contribution in [2.45, 2.75) is 27.4 Å². The first-order valence-electron chi connectivity index (χ1n) is 10.8. The van der Waals surface area contributed by atoms with Gasteiger partial charge in [-0.2, -0.15) is 0 Å². The maximum atomic E-state index is 12.3. The van der Waals surface area contributed by atoms with E-state index in [0.29, 0.717) is 29.0 Å². The van der Waals surface area contributed by atoms with Crippen LogP contribution >= 0.6 is 11.3 Å². The van der Waals surface area contributed by atoms with Gasteiger partial charge in [-0.1, -0.05) is 48.5 Å². The first kappa shape index (κ1) is 24.4. The Morgan fingerprint density at radius 3 is 2.44 bits per heavy atom. The van der Waals surface area contributed by atoms with Gasteiger partial charge in [0.1, 0.15) is 12.4 Å². The Morgan fingerprint density at radius 2 is 1.71 bits per heavy atom. The second-order valence-corrected chi connectivity index (χ2v) is 9.27. The number of nitrogens with zero attached hydrogens (tertiary/aromatic N) is 1. The molecular weight excluding hydrogens is 453 g/mol. The zero-order valence-electron chi connectivity index (χ0n) is 19.6. The number of ether oxygens (including phenoxy) is 1. The van der Waals surface area contributed by atoms with Gasteiger partial charge < -0.3 is 14.6 Å². The van der Waals surface area contributed by atoms with Gasteiger partial charge in [0.25, 0.3) is 0 Å². The van der Waals surface area contributed by atoms with Crippen LogP contribution in [-0.2, 0) is 6.61 Å². The van der Waals surface area contributed by atoms with Crippen molar-refractivity contribution >= 4 is 38.3 Å². The normalized spacial score (nSPS) is 10.9. The Labute approximate surface area is 224 Å². The minimum Gasteiger partial charge on any atom is -0.545 e. The third-order valence-electron chi connectivity index (χ3n) is 6.06. The van der Waals surface area contributed by atoms with Gasteiger partial charge in [0.05, 0.1) is 27.4 Å². The largest absolute Gasteiger partial charge is 1.00 e. The Morgan fingerprint density at radius 1 is 0.971 bits per heavy atom. The number of carboxylic acid groups (broad SMARTS) is 1. The molecule has 4 nitrogen and oxygen atoms in total. The number of carbonyl (C=O) groups is 1. The number of carbonyl (C=O) groups excluding carboxylic acids is 1. The molecule has 0 bridgehead atoms. The molecule has 6 heteroatoms. The van der Waals surface area contributed by atoms with E-state index in [-0.39, 0.29) is 35.1 Å². The standard InChI is InChI=1S/C28H23NO3S.Na/c1-16-8-4-5-9-19(16)15-32-23-13-12-17(2)26-25(23)21(28(30)31)14-22(29-26)27-18(3)20-10-6-7-11-24(20)33-27;/h4-14H,15H2,1-3H3,(H,30,31);/q;+1/p-1. The van der Waals surface area contributed by atoms with Gasteiger partial charge in [-0.05, 0) is 66.6 Å². The van der Waals surface area contributed by atoms with Crippen LogP contribution in [0, 0.1) is 20.8 Å². The summed E-state index contributed by atoms with van der Waals surface area (Å²) in [5, 5.41) is 13.9. The number of rotatable bonds is 5. The monoisotopic (exact) mass is 475 g/mol. The smallest absolute Gasteiger partial charge is 0.545 e. The zero-order chi connectivity index (χ0) is 23.1. The number of aromatic carboxylic acids is 1. The van der Waals surface area contributed by atoms with E-state index < -0.39 is 5.97 Å². The summed E-state index contributed by atoms with van der Waals surface area (Å²) in [4.78, 5) is 18.1. The summed E-state index contributed by atoms with van der Waals surface area (Å²) in [6, 6.07) is 21.5. The molecule has 3 aromatic carbocycles. The maximum absolute atomic E-state index is 12.3. The molecule has 0 atom stereocenters. The van der Waals surface area contributed by atoms with E-state index in [9.17, 15) is 9.90 Å². The van der Waals surface area contributed by atoms with E-state index in [2.05, 4.69) is 12.1 Å². The van der Waals surface area contributed by atoms with Gasteiger partial charge in [-0.3, -0.25) is 0 Å². The van der Waals surface area contributed by atoms with Crippen molar-refractivity contribution in [3.05, 3.63) is 94.5 Å². The number of hydrogen-bond acceptors (Lipinski definition) is 5. The molecule has 0 spiro atoms. The predicted octanol–water partition coefficient (Wildman–Crippen LogP) is 2.99. The average molecular weight is 476 g/mol. The molecule has 5 rings (SSSR count). The first-order valence-corrected chi connectivity index (χ1v) is 11.6. The van der Waals surface area contributed by atoms with Crippen LogP contribution in [-0.4, -0.2) is 11.0 Å². The molecule has 0 aliphatic heterocycles. The van der Waals surface area contributed by atoms with Gasteiger partial charge in [0, 0.05) is 10.3 Å². The average Bonchev–Trinajstić information content (AvgIpc) is 3.15. The third kappa shape index (κ3) is 4.37. The van der Waals surface area contributed by atoms with E-state index in [1.807, 2.05) is 69.3 Å². The Kier molecular flexibility index (Phi) is 7.10. The minimum absolute atomic E-state index is 0. The first-order chi connectivity index (χ1) is 15.9. The molecular formula is C28H22NNaO3S. The molecule has 0 fully saturated rings. The van der Waals surface area contributed by atoms with Crippen LogP contribution in [0.3, 0.4) is 0 Å². The summed E-state index contributed by atoms with van der Waals surface area (Å²) >= 11 is 1.62. The van der Waals surface area contributed by atoms with Gasteiger partial charge in [0.2, 0.25) is 0 Å². The number of aromatic nitrogens is 1. The van der Waals surface area contributed by atoms with Crippen LogP contribution in [0.1, 0.15) is 32.6 Å². The summed E-state index contributed by atoms with van der Waals surface area (Å²) in [6.45, 7) is 6.35. The predicted molar refractivity (Wildman–Crippen MR) is 132 cm³/mol. The Hall–Kier alpha value is -2.70. The van der Waals surface area contributed by atoms with E-state index in [1.165, 1.54) is 0 Å². The molecule has 2 aromatic heterocycles. The number of aryl methyl sites for hydroxylation is 3. The number of hydrogen-bond donors (Lipinski definition) is 0. The summed E-state index contributed by atoms with van der Waals surface area (Å²) in [7, 11) is 0. The van der Waals surface area contributed by atoms with Crippen molar-refractivity contribution in [1.82, 2.24) is 4.98 Å². The van der Waals surface area contributed by atoms with Crippen molar-refractivity contribution in [1.29, 1.82) is 0 Å². The van der Waals surface area contributed by atoms with Crippen LogP contribution in [0.2, 0.25) is 0 Å². The fourth-order valence-electron chi connectivity index (χ4n) is 4.19. The summed E-state index contributed by atoms with van der Waals surface area (Å²) < 4.78 is 7.27. The molecule has 34 heavy (non-hydrogen) atoms. The van der Waals surface area contributed by atoms with Crippen LogP contribution in [0.4, 0.5) is 0 Å². The number of pyridine rings is 1. The second-order valence-electron chi connectivity index (χ2n) is 8.21. The van der Waals surface area contributed by atoms with Crippen molar-refractivity contribution in [3.63, 3.8) is 0 Å². The van der Waals surface area contributed by atoms with Crippen LogP contribution in [0.5, 0.6) is 5.75 Å². The molecule has 0 saturated heterocycles. The SMILES string of the molecule is Cc1ccccc1COc1ccc(C)c2nc(-c3sc4ccccc4c3C)cc(C(=O)[O-])c12.[Na+]. The number of carboxylic acids is 1. The molecule has 0 amide bonds. The number of fused-ring (bicyclic) bond motifs is 2. The van der Waals surface area contributed by atoms with Gasteiger partial charge in [0.15, 0.2) is 0 Å². The van der Waals surface area contributed by atoms with Crippen molar-refractivity contribution in [2.24, 2.45) is 0 Å². The Bertz CT molecular complexity index is 1540. The summed E-state index contributed by atoms with van der Waals surface area (Å²) in [5.41, 5.74) is 5.50. The molecule has 0 N–H and O–H groups in total. The molecule has 0 aliphatic carbocycles. The van der Waals surface area contributed by atoms with Crippen molar-refractivity contribution < 1.29 is 44.2 Å². The van der Waals surface area contributed by atoms with Gasteiger partial charge >= 0.3 is 29.6 Å². The molecule has 164 valence electrons. The van der Waals surface area contributed by atoms with E-state index in [1.54, 1.807) is 17.4 Å². The van der Waals surface area contributed by atoms with Crippen molar-refractivity contribution in [3.8, 4) is 16.3 Å². The maximum Gasteiger partial charge on any atom is 1.00 e. The number of thiophene rings is 1. The molecule has 0 saturated carbocycles. The van der Waals surface area contributed by atoms with Crippen LogP contribution in [0.25, 0.3) is 31.6 Å². The fraction of sp³-hybridized carbons (Fsp3) is 0.143. The summed E-state index contributed by atoms with van der Waals surface area (Å²) in [5.74, 6) is -0.751. The molecule has 0 unspecified atom stereocenters. The minimum atomic E-state index is -1.24. The van der Waals surface area contributed by atoms with Gasteiger partial charge in [-0.15, -0.1) is 11.3 Å². The molecule has 0 radical (unpaired) electrons. The van der Waals surface area contributed by atoms with Crippen LogP contribution in [0.15, 0.2) is 66.7 Å².